The van der Waals surface area contributed by atoms with E-state index in [1.165, 1.54) is 25.8 Å². The molecule has 0 atom stereocenters. The number of nitrogens with one attached hydrogen (secondary N) is 1. The van der Waals surface area contributed by atoms with Gasteiger partial charge >= 0.3 is 0 Å². The predicted octanol–water partition coefficient (Wildman–Crippen LogP) is 1.89. The van der Waals surface area contributed by atoms with Crippen LogP contribution in [-0.4, -0.2) is 34.5 Å². The molecule has 88 valence electrons. The van der Waals surface area contributed by atoms with Gasteiger partial charge < -0.3 is 5.32 Å². The summed E-state index contributed by atoms with van der Waals surface area (Å²) < 4.78 is 0. The fourth-order valence-electron chi connectivity index (χ4n) is 1.89. The van der Waals surface area contributed by atoms with E-state index in [4.69, 9.17) is 0 Å². The third kappa shape index (κ3) is 2.92. The lowest BCUT2D eigenvalue weighted by molar-refractivity contribution is 0.252. The fraction of sp³-hybridized carbons (Fsp3) is 0.667. The molecule has 4 nitrogen and oxygen atoms in total. The molecule has 1 N–H and O–H groups in total. The SMILES string of the molecule is CCCN(Cc1cnc(NC)cn1)C1CC1. The smallest absolute Gasteiger partial charge is 0.144 e. The molecule has 0 spiro atoms. The van der Waals surface area contributed by atoms with Gasteiger partial charge in [-0.15, -0.1) is 0 Å². The standard InChI is InChI=1S/C12H20N4/c1-3-6-16(11-4-5-11)9-10-7-15-12(13-2)8-14-10/h7-8,11H,3-6,9H2,1-2H3,(H,13,15). The van der Waals surface area contributed by atoms with Gasteiger partial charge in [-0.25, -0.2) is 4.98 Å². The first-order chi connectivity index (χ1) is 7.83. The van der Waals surface area contributed by atoms with Gasteiger partial charge in [-0.1, -0.05) is 6.92 Å². The van der Waals surface area contributed by atoms with Crippen molar-refractivity contribution < 1.29 is 0 Å². The van der Waals surface area contributed by atoms with E-state index in [0.29, 0.717) is 0 Å². The predicted molar refractivity (Wildman–Crippen MR) is 65.3 cm³/mol. The van der Waals surface area contributed by atoms with Crippen LogP contribution in [0.4, 0.5) is 5.82 Å². The van der Waals surface area contributed by atoms with E-state index in [1.54, 1.807) is 6.20 Å². The molecule has 1 aromatic rings. The van der Waals surface area contributed by atoms with Gasteiger partial charge in [0.15, 0.2) is 0 Å². The van der Waals surface area contributed by atoms with Gasteiger partial charge in [0, 0.05) is 19.6 Å². The lowest BCUT2D eigenvalue weighted by Gasteiger charge is -2.20. The second-order valence-electron chi connectivity index (χ2n) is 4.34. The Hall–Kier alpha value is -1.16. The Kier molecular flexibility index (Phi) is 3.72. The molecule has 0 saturated heterocycles. The van der Waals surface area contributed by atoms with Crippen LogP contribution in [0.5, 0.6) is 0 Å². The van der Waals surface area contributed by atoms with Crippen molar-refractivity contribution in [3.05, 3.63) is 18.1 Å². The summed E-state index contributed by atoms with van der Waals surface area (Å²) in [7, 11) is 1.86. The zero-order valence-electron chi connectivity index (χ0n) is 10.1. The number of hydrogen-bond donors (Lipinski definition) is 1. The van der Waals surface area contributed by atoms with Gasteiger partial charge in [-0.2, -0.15) is 0 Å². The second-order valence-corrected chi connectivity index (χ2v) is 4.34. The van der Waals surface area contributed by atoms with E-state index in [2.05, 4.69) is 27.1 Å². The van der Waals surface area contributed by atoms with Crippen LogP contribution in [0.2, 0.25) is 0 Å². The Morgan fingerprint density at radius 2 is 2.19 bits per heavy atom. The van der Waals surface area contributed by atoms with Gasteiger partial charge in [-0.05, 0) is 25.8 Å². The normalized spacial score (nSPS) is 15.4. The largest absolute Gasteiger partial charge is 0.372 e. The Morgan fingerprint density at radius 3 is 2.69 bits per heavy atom. The average Bonchev–Trinajstić information content (AvgIpc) is 3.13. The molecular formula is C12H20N4. The lowest BCUT2D eigenvalue weighted by atomic mass is 10.3. The van der Waals surface area contributed by atoms with Gasteiger partial charge in [0.2, 0.25) is 0 Å². The highest BCUT2D eigenvalue weighted by atomic mass is 15.2. The van der Waals surface area contributed by atoms with Crippen LogP contribution >= 0.6 is 0 Å². The summed E-state index contributed by atoms with van der Waals surface area (Å²) in [5, 5.41) is 2.98. The zero-order chi connectivity index (χ0) is 11.4. The first-order valence-corrected chi connectivity index (χ1v) is 6.06. The summed E-state index contributed by atoms with van der Waals surface area (Å²) in [6.07, 6.45) is 7.58. The van der Waals surface area contributed by atoms with Crippen molar-refractivity contribution >= 4 is 5.82 Å². The highest BCUT2D eigenvalue weighted by Gasteiger charge is 2.28. The highest BCUT2D eigenvalue weighted by Crippen LogP contribution is 2.27. The van der Waals surface area contributed by atoms with Crippen LogP contribution in [0.15, 0.2) is 12.4 Å². The molecule has 1 fully saturated rings. The number of nitrogens with zero attached hydrogens (tertiary/aromatic N) is 3. The fourth-order valence-corrected chi connectivity index (χ4v) is 1.89. The van der Waals surface area contributed by atoms with E-state index in [1.807, 2.05) is 13.2 Å². The van der Waals surface area contributed by atoms with Crippen LogP contribution in [0.1, 0.15) is 31.9 Å². The molecule has 1 aromatic heterocycles. The molecular weight excluding hydrogens is 200 g/mol. The topological polar surface area (TPSA) is 41.1 Å². The number of hydrogen-bond acceptors (Lipinski definition) is 4. The van der Waals surface area contributed by atoms with E-state index in [-0.39, 0.29) is 0 Å². The second kappa shape index (κ2) is 5.25. The summed E-state index contributed by atoms with van der Waals surface area (Å²) >= 11 is 0. The molecule has 0 bridgehead atoms. The maximum Gasteiger partial charge on any atom is 0.144 e. The Balaban J connectivity index is 1.94. The summed E-state index contributed by atoms with van der Waals surface area (Å²) in [6.45, 7) is 4.33. The van der Waals surface area contributed by atoms with Crippen LogP contribution in [0.3, 0.4) is 0 Å². The lowest BCUT2D eigenvalue weighted by Crippen LogP contribution is -2.26. The van der Waals surface area contributed by atoms with Crippen molar-refractivity contribution in [2.24, 2.45) is 0 Å². The highest BCUT2D eigenvalue weighted by molar-refractivity contribution is 5.29. The van der Waals surface area contributed by atoms with E-state index in [9.17, 15) is 0 Å². The quantitative estimate of drug-likeness (QED) is 0.795. The first kappa shape index (κ1) is 11.3. The maximum absolute atomic E-state index is 4.42. The van der Waals surface area contributed by atoms with Crippen molar-refractivity contribution in [3.8, 4) is 0 Å². The average molecular weight is 220 g/mol. The summed E-state index contributed by atoms with van der Waals surface area (Å²) in [5.41, 5.74) is 1.07. The van der Waals surface area contributed by atoms with Crippen molar-refractivity contribution in [2.75, 3.05) is 18.9 Å². The third-order valence-electron chi connectivity index (χ3n) is 2.90. The summed E-state index contributed by atoms with van der Waals surface area (Å²) in [5.74, 6) is 0.831. The molecule has 0 radical (unpaired) electrons. The number of aromatic nitrogens is 2. The van der Waals surface area contributed by atoms with E-state index < -0.39 is 0 Å². The Labute approximate surface area is 97.1 Å². The van der Waals surface area contributed by atoms with Crippen LogP contribution in [-0.2, 0) is 6.54 Å². The molecule has 0 aliphatic heterocycles. The monoisotopic (exact) mass is 220 g/mol. The molecule has 0 amide bonds. The zero-order valence-corrected chi connectivity index (χ0v) is 10.1. The molecule has 1 saturated carbocycles. The van der Waals surface area contributed by atoms with Crippen molar-refractivity contribution in [1.82, 2.24) is 14.9 Å². The van der Waals surface area contributed by atoms with Gasteiger partial charge in [0.25, 0.3) is 0 Å². The Morgan fingerprint density at radius 1 is 1.38 bits per heavy atom. The first-order valence-electron chi connectivity index (χ1n) is 6.06. The van der Waals surface area contributed by atoms with Gasteiger partial charge in [-0.3, -0.25) is 9.88 Å². The molecule has 1 heterocycles. The van der Waals surface area contributed by atoms with Crippen molar-refractivity contribution in [1.29, 1.82) is 0 Å². The van der Waals surface area contributed by atoms with Crippen molar-refractivity contribution in [2.45, 2.75) is 38.8 Å². The summed E-state index contributed by atoms with van der Waals surface area (Å²) in [4.78, 5) is 11.2. The number of anilines is 1. The van der Waals surface area contributed by atoms with Gasteiger partial charge in [0.05, 0.1) is 18.1 Å². The molecule has 0 unspecified atom stereocenters. The van der Waals surface area contributed by atoms with E-state index in [0.717, 1.165) is 24.1 Å². The van der Waals surface area contributed by atoms with E-state index >= 15 is 0 Å². The van der Waals surface area contributed by atoms with Crippen LogP contribution in [0.25, 0.3) is 0 Å². The molecule has 16 heavy (non-hydrogen) atoms. The summed E-state index contributed by atoms with van der Waals surface area (Å²) in [6, 6.07) is 0.797. The minimum atomic E-state index is 0.797. The number of rotatable bonds is 6. The molecule has 1 aliphatic rings. The molecule has 4 heteroatoms. The Bertz CT molecular complexity index is 318. The minimum Gasteiger partial charge on any atom is -0.372 e. The third-order valence-corrected chi connectivity index (χ3v) is 2.90. The van der Waals surface area contributed by atoms with Crippen LogP contribution < -0.4 is 5.32 Å². The minimum absolute atomic E-state index is 0.797. The van der Waals surface area contributed by atoms with Crippen molar-refractivity contribution in [3.63, 3.8) is 0 Å². The van der Waals surface area contributed by atoms with Gasteiger partial charge in [0.1, 0.15) is 5.82 Å². The molecule has 2 rings (SSSR count). The van der Waals surface area contributed by atoms with Crippen LogP contribution in [0, 0.1) is 0 Å². The molecule has 0 aromatic carbocycles. The molecule has 1 aliphatic carbocycles. The maximum atomic E-state index is 4.42.